The molecule has 2 fully saturated rings. The van der Waals surface area contributed by atoms with E-state index in [2.05, 4.69) is 6.58 Å². The summed E-state index contributed by atoms with van der Waals surface area (Å²) in [7, 11) is 0. The summed E-state index contributed by atoms with van der Waals surface area (Å²) in [4.78, 5) is 12.1. The highest BCUT2D eigenvalue weighted by atomic mass is 19.4. The number of allylic oxidation sites excluding steroid dienone is 4. The molecule has 1 N–H and O–H groups in total. The summed E-state index contributed by atoms with van der Waals surface area (Å²) in [5.74, 6) is -6.28. The van der Waals surface area contributed by atoms with E-state index in [0.717, 1.165) is 27.8 Å². The van der Waals surface area contributed by atoms with Crippen molar-refractivity contribution in [3.8, 4) is 0 Å². The van der Waals surface area contributed by atoms with Crippen molar-refractivity contribution in [2.24, 2.45) is 17.3 Å². The SMILES string of the molecule is C=Cc1ccc([C@H]2C[C@@]3(C)[C@@H](CC[C@@]3(O)C(F)(F)C(F)(F)F)[C@@H]3CCC4=CC(=O)CCC4=C32)cc1. The molecule has 5 atom stereocenters. The Hall–Kier alpha value is -2.28. The summed E-state index contributed by atoms with van der Waals surface area (Å²) in [5, 5.41) is 11.3. The number of benzene rings is 1. The van der Waals surface area contributed by atoms with Crippen molar-refractivity contribution in [1.29, 1.82) is 0 Å². The highest BCUT2D eigenvalue weighted by Gasteiger charge is 2.79. The molecule has 0 spiro atoms. The van der Waals surface area contributed by atoms with Gasteiger partial charge in [-0.15, -0.1) is 0 Å². The number of rotatable bonds is 3. The monoisotopic (exact) mass is 492 g/mol. The standard InChI is InChI=1S/C28H29F5O2/c1-3-16-4-6-17(7-5-16)22-15-25(2)23(12-13-26(25,35)27(29,30)28(31,32)33)21-10-8-18-14-19(34)9-11-20(18)24(21)22/h3-7,14,21-23,35H,1,8-13,15H2,2H3/t21-,22+,23-,25-,26-/m0/s1. The number of alkyl halides is 5. The Morgan fingerprint density at radius 1 is 1.06 bits per heavy atom. The van der Waals surface area contributed by atoms with E-state index in [4.69, 9.17) is 0 Å². The highest BCUT2D eigenvalue weighted by molar-refractivity contribution is 5.93. The minimum atomic E-state index is -5.84. The van der Waals surface area contributed by atoms with Crippen molar-refractivity contribution >= 4 is 11.9 Å². The second-order valence-electron chi connectivity index (χ2n) is 10.8. The molecule has 0 heterocycles. The van der Waals surface area contributed by atoms with Gasteiger partial charge < -0.3 is 5.11 Å². The molecule has 35 heavy (non-hydrogen) atoms. The van der Waals surface area contributed by atoms with Gasteiger partial charge in [0.05, 0.1) is 0 Å². The number of carbonyl (C=O) groups excluding carboxylic acids is 1. The average molecular weight is 493 g/mol. The average Bonchev–Trinajstić information content (AvgIpc) is 3.09. The van der Waals surface area contributed by atoms with Crippen LogP contribution in [0.2, 0.25) is 0 Å². The van der Waals surface area contributed by atoms with Crippen LogP contribution in [0.25, 0.3) is 6.08 Å². The minimum Gasteiger partial charge on any atom is -0.383 e. The number of fused-ring (bicyclic) bond motifs is 4. The molecule has 1 aromatic rings. The molecule has 0 saturated heterocycles. The van der Waals surface area contributed by atoms with Gasteiger partial charge in [-0.05, 0) is 78.7 Å². The smallest absolute Gasteiger partial charge is 0.383 e. The third kappa shape index (κ3) is 3.33. The fraction of sp³-hybridized carbons (Fsp3) is 0.536. The van der Waals surface area contributed by atoms with E-state index >= 15 is 0 Å². The Kier molecular flexibility index (Phi) is 5.48. The first-order valence-electron chi connectivity index (χ1n) is 12.2. The molecule has 2 saturated carbocycles. The van der Waals surface area contributed by atoms with Crippen LogP contribution in [0.4, 0.5) is 22.0 Å². The molecule has 0 aliphatic heterocycles. The molecule has 4 aliphatic carbocycles. The summed E-state index contributed by atoms with van der Waals surface area (Å²) in [6, 6.07) is 7.45. The van der Waals surface area contributed by atoms with Crippen LogP contribution in [0, 0.1) is 17.3 Å². The summed E-state index contributed by atoms with van der Waals surface area (Å²) in [5.41, 5.74) is -0.00712. The van der Waals surface area contributed by atoms with Crippen LogP contribution in [0.5, 0.6) is 0 Å². The number of carbonyl (C=O) groups is 1. The van der Waals surface area contributed by atoms with E-state index < -0.39 is 41.4 Å². The fourth-order valence-corrected chi connectivity index (χ4v) is 7.58. The van der Waals surface area contributed by atoms with Crippen molar-refractivity contribution in [2.75, 3.05) is 0 Å². The van der Waals surface area contributed by atoms with Crippen molar-refractivity contribution in [3.05, 3.63) is 64.8 Å². The zero-order valence-corrected chi connectivity index (χ0v) is 19.6. The normalized spacial score (nSPS) is 35.2. The maximum atomic E-state index is 15.0. The molecule has 0 unspecified atom stereocenters. The third-order valence-electron chi connectivity index (χ3n) is 9.34. The highest BCUT2D eigenvalue weighted by Crippen LogP contribution is 2.70. The molecule has 0 bridgehead atoms. The van der Waals surface area contributed by atoms with Crippen molar-refractivity contribution in [1.82, 2.24) is 0 Å². The van der Waals surface area contributed by atoms with E-state index in [-0.39, 0.29) is 24.5 Å². The van der Waals surface area contributed by atoms with Crippen molar-refractivity contribution in [3.63, 3.8) is 0 Å². The van der Waals surface area contributed by atoms with E-state index in [1.54, 1.807) is 12.2 Å². The van der Waals surface area contributed by atoms with Gasteiger partial charge in [0.1, 0.15) is 5.60 Å². The molecule has 5 rings (SSSR count). The lowest BCUT2D eigenvalue weighted by molar-refractivity contribution is -0.362. The minimum absolute atomic E-state index is 0.0101. The van der Waals surface area contributed by atoms with E-state index in [0.29, 0.717) is 25.7 Å². The summed E-state index contributed by atoms with van der Waals surface area (Å²) in [6.07, 6.45) is -0.875. The molecule has 1 aromatic carbocycles. The molecule has 0 radical (unpaired) electrons. The predicted molar refractivity (Wildman–Crippen MR) is 123 cm³/mol. The van der Waals surface area contributed by atoms with Crippen molar-refractivity contribution < 1.29 is 31.9 Å². The Labute approximate surface area is 201 Å². The largest absolute Gasteiger partial charge is 0.456 e. The van der Waals surface area contributed by atoms with Crippen LogP contribution in [-0.2, 0) is 4.79 Å². The number of ketones is 1. The summed E-state index contributed by atoms with van der Waals surface area (Å²) >= 11 is 0. The van der Waals surface area contributed by atoms with Crippen LogP contribution in [-0.4, -0.2) is 28.6 Å². The number of aliphatic hydroxyl groups is 1. The van der Waals surface area contributed by atoms with Gasteiger partial charge in [-0.1, -0.05) is 49.4 Å². The maximum absolute atomic E-state index is 15.0. The van der Waals surface area contributed by atoms with E-state index in [1.807, 2.05) is 24.3 Å². The van der Waals surface area contributed by atoms with Gasteiger partial charge in [0.15, 0.2) is 5.78 Å². The van der Waals surface area contributed by atoms with Gasteiger partial charge in [0.2, 0.25) is 0 Å². The number of halogens is 5. The Balaban J connectivity index is 1.69. The first-order chi connectivity index (χ1) is 16.3. The van der Waals surface area contributed by atoms with Crippen LogP contribution >= 0.6 is 0 Å². The van der Waals surface area contributed by atoms with E-state index in [9.17, 15) is 31.9 Å². The quantitative estimate of drug-likeness (QED) is 0.455. The van der Waals surface area contributed by atoms with Gasteiger partial charge in [-0.25, -0.2) is 0 Å². The second kappa shape index (κ2) is 7.86. The summed E-state index contributed by atoms with van der Waals surface area (Å²) < 4.78 is 70.7. The molecule has 0 amide bonds. The lowest BCUT2D eigenvalue weighted by Gasteiger charge is -2.56. The molecule has 2 nitrogen and oxygen atoms in total. The maximum Gasteiger partial charge on any atom is 0.456 e. The number of hydrogen-bond donors (Lipinski definition) is 1. The topological polar surface area (TPSA) is 37.3 Å². The van der Waals surface area contributed by atoms with E-state index in [1.165, 1.54) is 6.92 Å². The van der Waals surface area contributed by atoms with Gasteiger partial charge in [-0.2, -0.15) is 22.0 Å². The second-order valence-corrected chi connectivity index (χ2v) is 10.8. The zero-order chi connectivity index (χ0) is 25.4. The fourth-order valence-electron chi connectivity index (χ4n) is 7.58. The van der Waals surface area contributed by atoms with Gasteiger partial charge in [0, 0.05) is 17.8 Å². The van der Waals surface area contributed by atoms with Crippen LogP contribution in [0.1, 0.15) is 68.9 Å². The molecule has 7 heteroatoms. The van der Waals surface area contributed by atoms with Gasteiger partial charge in [-0.3, -0.25) is 4.79 Å². The van der Waals surface area contributed by atoms with Crippen LogP contribution in [0.3, 0.4) is 0 Å². The predicted octanol–water partition coefficient (Wildman–Crippen LogP) is 7.16. The zero-order valence-electron chi connectivity index (χ0n) is 19.6. The Bertz CT molecular complexity index is 1130. The molecule has 0 aromatic heterocycles. The molecular weight excluding hydrogens is 463 g/mol. The molecule has 188 valence electrons. The lowest BCUT2D eigenvalue weighted by Crippen LogP contribution is -2.65. The Morgan fingerprint density at radius 3 is 2.37 bits per heavy atom. The molecule has 4 aliphatic rings. The molecular formula is C28H29F5O2. The first-order valence-corrected chi connectivity index (χ1v) is 12.2. The number of hydrogen-bond acceptors (Lipinski definition) is 2. The third-order valence-corrected chi connectivity index (χ3v) is 9.34. The first kappa shape index (κ1) is 24.4. The van der Waals surface area contributed by atoms with Gasteiger partial charge in [0.25, 0.3) is 0 Å². The van der Waals surface area contributed by atoms with Crippen LogP contribution in [0.15, 0.2) is 53.6 Å². The summed E-state index contributed by atoms with van der Waals surface area (Å²) in [6.45, 7) is 5.19. The van der Waals surface area contributed by atoms with Gasteiger partial charge >= 0.3 is 12.1 Å². The van der Waals surface area contributed by atoms with Crippen molar-refractivity contribution in [2.45, 2.75) is 75.5 Å². The lowest BCUT2D eigenvalue weighted by atomic mass is 9.50. The Morgan fingerprint density at radius 2 is 1.74 bits per heavy atom. The van der Waals surface area contributed by atoms with Crippen LogP contribution < -0.4 is 0 Å².